The van der Waals surface area contributed by atoms with E-state index >= 15 is 0 Å². The first-order valence-electron chi connectivity index (χ1n) is 14.0. The highest BCUT2D eigenvalue weighted by molar-refractivity contribution is 6.19. The number of nitrogens with zero attached hydrogens (tertiary/aromatic N) is 3. The molecule has 0 spiro atoms. The fraction of sp³-hybridized carbons (Fsp3) is 0. The SMILES string of the molecule is c1ccc(-c2cccc(-c3nc(-c4ccccc4)nc(-c4cccc5c4ccc4c6ccccc6ccc54)n3)c2)cc#1. The zero-order valence-corrected chi connectivity index (χ0v) is 22.6. The smallest absolute Gasteiger partial charge is 0.164 e. The van der Waals surface area contributed by atoms with E-state index in [0.717, 1.165) is 33.2 Å². The second-order valence-electron chi connectivity index (χ2n) is 10.3. The van der Waals surface area contributed by atoms with E-state index in [1.807, 2.05) is 54.6 Å². The Morgan fingerprint density at radius 2 is 1.02 bits per heavy atom. The minimum atomic E-state index is 0.635. The Hall–Kier alpha value is -5.85. The van der Waals surface area contributed by atoms with Gasteiger partial charge in [0, 0.05) is 16.7 Å². The summed E-state index contributed by atoms with van der Waals surface area (Å²) in [5, 5.41) is 7.25. The number of benzene rings is 6. The zero-order chi connectivity index (χ0) is 27.9. The first kappa shape index (κ1) is 24.0. The van der Waals surface area contributed by atoms with E-state index in [0.29, 0.717) is 17.5 Å². The quantitative estimate of drug-likeness (QED) is 0.211. The summed E-state index contributed by atoms with van der Waals surface area (Å²) in [5.41, 5.74) is 5.00. The fourth-order valence-electron chi connectivity index (χ4n) is 5.76. The summed E-state index contributed by atoms with van der Waals surface area (Å²) in [6.07, 6.45) is 0. The third kappa shape index (κ3) is 4.15. The molecular formula is C39H23N3. The van der Waals surface area contributed by atoms with Crippen LogP contribution in [0.5, 0.6) is 0 Å². The van der Waals surface area contributed by atoms with E-state index in [4.69, 9.17) is 15.0 Å². The summed E-state index contributed by atoms with van der Waals surface area (Å²) in [4.78, 5) is 15.1. The van der Waals surface area contributed by atoms with E-state index in [2.05, 4.69) is 97.1 Å². The van der Waals surface area contributed by atoms with E-state index in [-0.39, 0.29) is 0 Å². The molecule has 8 aromatic rings. The van der Waals surface area contributed by atoms with E-state index < -0.39 is 0 Å². The van der Waals surface area contributed by atoms with Crippen molar-refractivity contribution in [3.8, 4) is 45.3 Å². The summed E-state index contributed by atoms with van der Waals surface area (Å²) in [5.74, 6) is 1.93. The Morgan fingerprint density at radius 3 is 1.90 bits per heavy atom. The Labute approximate surface area is 243 Å². The van der Waals surface area contributed by atoms with Crippen LogP contribution in [0.2, 0.25) is 0 Å². The summed E-state index contributed by atoms with van der Waals surface area (Å²) in [7, 11) is 0. The van der Waals surface area contributed by atoms with Gasteiger partial charge in [-0.25, -0.2) is 15.0 Å². The number of fused-ring (bicyclic) bond motifs is 5. The highest BCUT2D eigenvalue weighted by atomic mass is 15.0. The lowest BCUT2D eigenvalue weighted by Gasteiger charge is -2.13. The lowest BCUT2D eigenvalue weighted by Crippen LogP contribution is -2.00. The van der Waals surface area contributed by atoms with Gasteiger partial charge in [-0.3, -0.25) is 0 Å². The third-order valence-corrected chi connectivity index (χ3v) is 7.80. The molecule has 42 heavy (non-hydrogen) atoms. The van der Waals surface area contributed by atoms with Gasteiger partial charge in [-0.15, -0.1) is 0 Å². The van der Waals surface area contributed by atoms with Crippen LogP contribution < -0.4 is 0 Å². The van der Waals surface area contributed by atoms with Crippen LogP contribution in [0.15, 0.2) is 140 Å². The second kappa shape index (κ2) is 9.96. The maximum atomic E-state index is 5.08. The maximum absolute atomic E-state index is 5.08. The van der Waals surface area contributed by atoms with Crippen LogP contribution in [-0.4, -0.2) is 15.0 Å². The molecule has 0 radical (unpaired) electrons. The van der Waals surface area contributed by atoms with Crippen molar-refractivity contribution in [3.63, 3.8) is 0 Å². The molecule has 1 aromatic heterocycles. The van der Waals surface area contributed by atoms with Crippen molar-refractivity contribution in [1.29, 1.82) is 0 Å². The molecule has 7 aromatic carbocycles. The van der Waals surface area contributed by atoms with Crippen LogP contribution in [0, 0.1) is 12.1 Å². The molecule has 0 aliphatic rings. The van der Waals surface area contributed by atoms with Crippen LogP contribution in [0.1, 0.15) is 0 Å². The van der Waals surface area contributed by atoms with E-state index in [1.54, 1.807) is 0 Å². The number of rotatable bonds is 4. The van der Waals surface area contributed by atoms with Crippen LogP contribution in [0.4, 0.5) is 0 Å². The molecule has 0 bridgehead atoms. The predicted octanol–water partition coefficient (Wildman–Crippen LogP) is 9.60. The van der Waals surface area contributed by atoms with Gasteiger partial charge in [-0.1, -0.05) is 127 Å². The predicted molar refractivity (Wildman–Crippen MR) is 172 cm³/mol. The lowest BCUT2D eigenvalue weighted by atomic mass is 9.95. The molecule has 0 fully saturated rings. The Balaban J connectivity index is 1.35. The highest BCUT2D eigenvalue weighted by Gasteiger charge is 2.16. The molecule has 0 saturated carbocycles. The van der Waals surface area contributed by atoms with Crippen LogP contribution in [0.25, 0.3) is 77.6 Å². The molecule has 0 aliphatic carbocycles. The molecule has 1 heterocycles. The largest absolute Gasteiger partial charge is 0.208 e. The van der Waals surface area contributed by atoms with Gasteiger partial charge >= 0.3 is 0 Å². The Morgan fingerprint density at radius 1 is 0.381 bits per heavy atom. The molecule has 0 atom stereocenters. The second-order valence-corrected chi connectivity index (χ2v) is 10.3. The van der Waals surface area contributed by atoms with Crippen molar-refractivity contribution >= 4 is 32.3 Å². The summed E-state index contributed by atoms with van der Waals surface area (Å²) >= 11 is 0. The fourth-order valence-corrected chi connectivity index (χ4v) is 5.76. The molecule has 3 heteroatoms. The topological polar surface area (TPSA) is 38.7 Å². The van der Waals surface area contributed by atoms with E-state index in [1.165, 1.54) is 26.9 Å². The molecule has 0 N–H and O–H groups in total. The van der Waals surface area contributed by atoms with Crippen LogP contribution in [0.3, 0.4) is 0 Å². The normalized spacial score (nSPS) is 11.1. The van der Waals surface area contributed by atoms with Gasteiger partial charge in [0.05, 0.1) is 0 Å². The van der Waals surface area contributed by atoms with Gasteiger partial charge in [0.25, 0.3) is 0 Å². The Kier molecular flexibility index (Phi) is 5.69. The van der Waals surface area contributed by atoms with E-state index in [9.17, 15) is 0 Å². The minimum Gasteiger partial charge on any atom is -0.208 e. The van der Waals surface area contributed by atoms with Gasteiger partial charge in [0.2, 0.25) is 0 Å². The third-order valence-electron chi connectivity index (χ3n) is 7.80. The molecule has 3 nitrogen and oxygen atoms in total. The highest BCUT2D eigenvalue weighted by Crippen LogP contribution is 2.36. The van der Waals surface area contributed by atoms with Crippen LogP contribution >= 0.6 is 0 Å². The van der Waals surface area contributed by atoms with Crippen LogP contribution in [-0.2, 0) is 0 Å². The van der Waals surface area contributed by atoms with Crippen molar-refractivity contribution in [3.05, 3.63) is 152 Å². The molecule has 0 amide bonds. The number of aromatic nitrogens is 3. The van der Waals surface area contributed by atoms with Crippen molar-refractivity contribution < 1.29 is 0 Å². The Bertz CT molecular complexity index is 2240. The standard InChI is InChI=1S/C39H23N3/c1-3-11-26(12-4-1)29-16-9-17-30(25-29)38-40-37(28-14-5-2-6-15-28)41-39(42-38)36-20-10-19-32-34-22-21-27-13-7-8-18-31(27)33(34)23-24-35(32)36/h2-3,5-25H. The monoisotopic (exact) mass is 533 g/mol. The molecule has 8 rings (SSSR count). The molecule has 194 valence electrons. The first-order valence-corrected chi connectivity index (χ1v) is 14.0. The first-order chi connectivity index (χ1) is 20.8. The van der Waals surface area contributed by atoms with Crippen molar-refractivity contribution in [2.45, 2.75) is 0 Å². The van der Waals surface area contributed by atoms with Gasteiger partial charge in [-0.05, 0) is 67.7 Å². The van der Waals surface area contributed by atoms with Crippen molar-refractivity contribution in [2.75, 3.05) is 0 Å². The zero-order valence-electron chi connectivity index (χ0n) is 22.6. The minimum absolute atomic E-state index is 0.635. The molecular weight excluding hydrogens is 510 g/mol. The molecule has 0 saturated heterocycles. The molecule has 0 aliphatic heterocycles. The van der Waals surface area contributed by atoms with Crippen molar-refractivity contribution in [1.82, 2.24) is 15.0 Å². The maximum Gasteiger partial charge on any atom is 0.164 e. The van der Waals surface area contributed by atoms with Crippen molar-refractivity contribution in [2.24, 2.45) is 0 Å². The number of hydrogen-bond acceptors (Lipinski definition) is 3. The van der Waals surface area contributed by atoms with Gasteiger partial charge in [0.15, 0.2) is 17.5 Å². The lowest BCUT2D eigenvalue weighted by molar-refractivity contribution is 1.08. The average Bonchev–Trinajstić information content (AvgIpc) is 3.08. The van der Waals surface area contributed by atoms with Gasteiger partial charge in [0.1, 0.15) is 0 Å². The molecule has 0 unspecified atom stereocenters. The van der Waals surface area contributed by atoms with Gasteiger partial charge in [-0.2, -0.15) is 0 Å². The average molecular weight is 534 g/mol. The summed E-state index contributed by atoms with van der Waals surface area (Å²) in [6.45, 7) is 0. The number of hydrogen-bond donors (Lipinski definition) is 0. The summed E-state index contributed by atoms with van der Waals surface area (Å²) < 4.78 is 0. The van der Waals surface area contributed by atoms with Gasteiger partial charge < -0.3 is 0 Å². The summed E-state index contributed by atoms with van der Waals surface area (Å²) in [6, 6.07) is 54.1.